The molecule has 0 N–H and O–H groups in total. The normalized spacial score (nSPS) is 14.1. The first kappa shape index (κ1) is 23.7. The monoisotopic (exact) mass is 461 g/mol. The molecule has 34 heavy (non-hydrogen) atoms. The maximum atomic E-state index is 13.0. The molecule has 0 bridgehead atoms. The van der Waals surface area contributed by atoms with Crippen LogP contribution in [0.25, 0.3) is 0 Å². The molecular formula is C27H31N3O4. The topological polar surface area (TPSA) is 73.5 Å². The number of nitrogens with zero attached hydrogens (tertiary/aromatic N) is 3. The number of hydrogen-bond donors (Lipinski definition) is 0. The van der Waals surface area contributed by atoms with Crippen LogP contribution in [-0.2, 0) is 6.54 Å². The Balaban J connectivity index is 1.41. The van der Waals surface area contributed by atoms with Crippen molar-refractivity contribution in [3.8, 4) is 5.75 Å². The van der Waals surface area contributed by atoms with E-state index >= 15 is 0 Å². The van der Waals surface area contributed by atoms with Crippen LogP contribution in [-0.4, -0.2) is 46.2 Å². The second-order valence-electron chi connectivity index (χ2n) is 8.78. The zero-order valence-corrected chi connectivity index (χ0v) is 19.6. The predicted octanol–water partition coefficient (Wildman–Crippen LogP) is 3.31. The molecule has 1 saturated heterocycles. The number of carbonyl (C=O) groups is 1. The molecule has 2 aromatic carbocycles. The van der Waals surface area contributed by atoms with Crippen molar-refractivity contribution in [2.45, 2.75) is 39.2 Å². The molecule has 4 rings (SSSR count). The first-order valence-electron chi connectivity index (χ1n) is 11.9. The van der Waals surface area contributed by atoms with Gasteiger partial charge in [0.05, 0.1) is 13.2 Å². The number of aryl methyl sites for hydroxylation is 1. The molecule has 7 nitrogen and oxygen atoms in total. The fourth-order valence-electron chi connectivity index (χ4n) is 4.29. The number of carbonyl (C=O) groups excluding carboxylic acids is 1. The molecule has 1 aliphatic rings. The van der Waals surface area contributed by atoms with Crippen molar-refractivity contribution in [3.05, 3.63) is 98.3 Å². The number of hydrogen-bond acceptors (Lipinski definition) is 5. The van der Waals surface area contributed by atoms with Crippen molar-refractivity contribution in [2.24, 2.45) is 0 Å². The van der Waals surface area contributed by atoms with E-state index < -0.39 is 17.2 Å². The van der Waals surface area contributed by atoms with Crippen molar-refractivity contribution >= 4 is 5.91 Å². The van der Waals surface area contributed by atoms with Crippen LogP contribution in [0.1, 0.15) is 47.2 Å². The molecule has 1 aliphatic heterocycles. The zero-order chi connectivity index (χ0) is 23.9. The Morgan fingerprint density at radius 3 is 2.35 bits per heavy atom. The second kappa shape index (κ2) is 11.1. The maximum Gasteiger partial charge on any atom is 0.338 e. The van der Waals surface area contributed by atoms with E-state index in [-0.39, 0.29) is 6.54 Å². The van der Waals surface area contributed by atoms with Gasteiger partial charge in [0, 0.05) is 23.9 Å². The molecule has 2 heterocycles. The van der Waals surface area contributed by atoms with Crippen molar-refractivity contribution in [3.63, 3.8) is 0 Å². The van der Waals surface area contributed by atoms with E-state index in [1.165, 1.54) is 43.1 Å². The van der Waals surface area contributed by atoms with Gasteiger partial charge in [-0.05, 0) is 69.1 Å². The Kier molecular flexibility index (Phi) is 7.75. The lowest BCUT2D eigenvalue weighted by atomic mass is 10.1. The molecule has 1 aromatic heterocycles. The van der Waals surface area contributed by atoms with Gasteiger partial charge in [-0.15, -0.1) is 0 Å². The van der Waals surface area contributed by atoms with E-state index in [9.17, 15) is 14.4 Å². The van der Waals surface area contributed by atoms with Gasteiger partial charge >= 0.3 is 5.69 Å². The Labute approximate surface area is 199 Å². The van der Waals surface area contributed by atoms with Crippen LogP contribution in [0.3, 0.4) is 0 Å². The number of rotatable bonds is 8. The van der Waals surface area contributed by atoms with E-state index in [0.29, 0.717) is 22.3 Å². The van der Waals surface area contributed by atoms with Crippen LogP contribution in [0, 0.1) is 6.92 Å². The summed E-state index contributed by atoms with van der Waals surface area (Å²) in [4.78, 5) is 40.9. The molecule has 178 valence electrons. The number of ether oxygens (including phenoxy) is 1. The SMILES string of the molecule is Cc1cn(Cc2ccc(OCCCN3CCCCC3)cc2)c(=O)n(C(=O)c2ccccc2)c1=O. The highest BCUT2D eigenvalue weighted by molar-refractivity contribution is 5.95. The van der Waals surface area contributed by atoms with Gasteiger partial charge in [0.2, 0.25) is 0 Å². The molecule has 0 aliphatic carbocycles. The Morgan fingerprint density at radius 1 is 0.941 bits per heavy atom. The standard InChI is InChI=1S/C27H31N3O4/c1-21-19-29(27(33)30(25(21)31)26(32)23-9-4-2-5-10-23)20-22-11-13-24(14-12-22)34-18-8-17-28-15-6-3-7-16-28/h2,4-5,9-14,19H,3,6-8,15-18,20H2,1H3. The van der Waals surface area contributed by atoms with E-state index in [0.717, 1.165) is 24.3 Å². The van der Waals surface area contributed by atoms with Crippen LogP contribution in [0.5, 0.6) is 5.75 Å². The number of aromatic nitrogens is 2. The molecule has 7 heteroatoms. The Bertz CT molecular complexity index is 1220. The highest BCUT2D eigenvalue weighted by atomic mass is 16.5. The number of piperidine rings is 1. The summed E-state index contributed by atoms with van der Waals surface area (Å²) in [5, 5.41) is 0. The number of benzene rings is 2. The summed E-state index contributed by atoms with van der Waals surface area (Å²) in [6.45, 7) is 5.97. The molecular weight excluding hydrogens is 430 g/mol. The lowest BCUT2D eigenvalue weighted by molar-refractivity contribution is 0.0948. The quantitative estimate of drug-likeness (QED) is 0.481. The first-order valence-corrected chi connectivity index (χ1v) is 11.9. The van der Waals surface area contributed by atoms with Gasteiger partial charge in [0.25, 0.3) is 11.5 Å². The van der Waals surface area contributed by atoms with Gasteiger partial charge in [-0.25, -0.2) is 4.79 Å². The minimum atomic E-state index is -0.650. The molecule has 0 saturated carbocycles. The van der Waals surface area contributed by atoms with E-state index in [1.54, 1.807) is 37.3 Å². The average Bonchev–Trinajstić information content (AvgIpc) is 2.87. The van der Waals surface area contributed by atoms with Crippen molar-refractivity contribution in [2.75, 3.05) is 26.2 Å². The van der Waals surface area contributed by atoms with Crippen LogP contribution >= 0.6 is 0 Å². The second-order valence-corrected chi connectivity index (χ2v) is 8.78. The van der Waals surface area contributed by atoms with E-state index in [4.69, 9.17) is 4.74 Å². The maximum absolute atomic E-state index is 13.0. The highest BCUT2D eigenvalue weighted by Crippen LogP contribution is 2.14. The summed E-state index contributed by atoms with van der Waals surface area (Å²) in [5.74, 6) is 0.163. The van der Waals surface area contributed by atoms with Gasteiger partial charge in [-0.2, -0.15) is 4.57 Å². The molecule has 0 unspecified atom stereocenters. The smallest absolute Gasteiger partial charge is 0.338 e. The highest BCUT2D eigenvalue weighted by Gasteiger charge is 2.17. The van der Waals surface area contributed by atoms with Crippen molar-refractivity contribution in [1.82, 2.24) is 14.0 Å². The molecule has 1 fully saturated rings. The van der Waals surface area contributed by atoms with E-state index in [2.05, 4.69) is 4.90 Å². The largest absolute Gasteiger partial charge is 0.494 e. The first-order chi connectivity index (χ1) is 16.5. The third kappa shape index (κ3) is 5.72. The predicted molar refractivity (Wildman–Crippen MR) is 132 cm³/mol. The third-order valence-corrected chi connectivity index (χ3v) is 6.16. The van der Waals surface area contributed by atoms with Gasteiger partial charge in [0.1, 0.15) is 5.75 Å². The molecule has 0 spiro atoms. The third-order valence-electron chi connectivity index (χ3n) is 6.16. The van der Waals surface area contributed by atoms with Gasteiger partial charge < -0.3 is 9.64 Å². The number of likely N-dealkylation sites (tertiary alicyclic amines) is 1. The van der Waals surface area contributed by atoms with Gasteiger partial charge in [-0.3, -0.25) is 14.2 Å². The molecule has 0 atom stereocenters. The summed E-state index contributed by atoms with van der Waals surface area (Å²) in [6, 6.07) is 15.9. The minimum Gasteiger partial charge on any atom is -0.494 e. The van der Waals surface area contributed by atoms with Crippen molar-refractivity contribution in [1.29, 1.82) is 0 Å². The summed E-state index contributed by atoms with van der Waals surface area (Å²) in [6.07, 6.45) is 6.43. The average molecular weight is 462 g/mol. The fourth-order valence-corrected chi connectivity index (χ4v) is 4.29. The Morgan fingerprint density at radius 2 is 1.65 bits per heavy atom. The summed E-state index contributed by atoms with van der Waals surface area (Å²) < 4.78 is 7.98. The van der Waals surface area contributed by atoms with Gasteiger partial charge in [0.15, 0.2) is 0 Å². The van der Waals surface area contributed by atoms with Crippen LogP contribution in [0.2, 0.25) is 0 Å². The minimum absolute atomic E-state index is 0.247. The summed E-state index contributed by atoms with van der Waals surface area (Å²) >= 11 is 0. The Hall–Kier alpha value is -3.45. The molecule has 3 aromatic rings. The van der Waals surface area contributed by atoms with Crippen molar-refractivity contribution < 1.29 is 9.53 Å². The van der Waals surface area contributed by atoms with Crippen LogP contribution in [0.15, 0.2) is 70.4 Å². The zero-order valence-electron chi connectivity index (χ0n) is 19.6. The fraction of sp³-hybridized carbons (Fsp3) is 0.370. The van der Waals surface area contributed by atoms with Crippen LogP contribution in [0.4, 0.5) is 0 Å². The van der Waals surface area contributed by atoms with Crippen LogP contribution < -0.4 is 16.0 Å². The summed E-state index contributed by atoms with van der Waals surface area (Å²) in [5.41, 5.74) is 0.253. The van der Waals surface area contributed by atoms with E-state index in [1.807, 2.05) is 24.3 Å². The van der Waals surface area contributed by atoms with Gasteiger partial charge in [-0.1, -0.05) is 36.8 Å². The summed E-state index contributed by atoms with van der Waals surface area (Å²) in [7, 11) is 0. The lowest BCUT2D eigenvalue weighted by Gasteiger charge is -2.26. The lowest BCUT2D eigenvalue weighted by Crippen LogP contribution is -2.44. The molecule has 0 radical (unpaired) electrons. The molecule has 0 amide bonds.